The van der Waals surface area contributed by atoms with Gasteiger partial charge in [0, 0.05) is 11.1 Å². The topological polar surface area (TPSA) is 61.7 Å². The third kappa shape index (κ3) is 3.23. The second-order valence-electron chi connectivity index (χ2n) is 4.24. The van der Waals surface area contributed by atoms with Gasteiger partial charge in [-0.05, 0) is 30.7 Å². The minimum Gasteiger partial charge on any atom is -0.507 e. The Morgan fingerprint density at radius 1 is 1.10 bits per heavy atom. The molecule has 102 valence electrons. The number of rotatable bonds is 4. The third-order valence-corrected chi connectivity index (χ3v) is 2.88. The normalized spacial score (nSPS) is 11.2. The van der Waals surface area contributed by atoms with Crippen molar-refractivity contribution in [3.05, 3.63) is 65.7 Å². The fourth-order valence-corrected chi connectivity index (χ4v) is 1.82. The maximum Gasteiger partial charge on any atom is 0.271 e. The maximum absolute atomic E-state index is 11.9. The van der Waals surface area contributed by atoms with Crippen LogP contribution in [0.2, 0.25) is 0 Å². The van der Waals surface area contributed by atoms with E-state index >= 15 is 0 Å². The monoisotopic (exact) mass is 268 g/mol. The largest absolute Gasteiger partial charge is 0.507 e. The molecule has 0 spiro atoms. The predicted molar refractivity (Wildman–Crippen MR) is 78.8 cm³/mol. The standard InChI is InChI=1S/C16H16N2O2/c1-2-14(13-10-6-7-11-15(13)19)17-18-16(20)12-8-4-3-5-9-12/h3-11,19H,2H2,1H3,(H,18,20)/b17-14+. The van der Waals surface area contributed by atoms with Crippen molar-refractivity contribution in [2.24, 2.45) is 5.10 Å². The molecule has 4 heteroatoms. The number of carbonyl (C=O) groups excluding carboxylic acids is 1. The number of hydrogen-bond acceptors (Lipinski definition) is 3. The van der Waals surface area contributed by atoms with E-state index in [4.69, 9.17) is 0 Å². The average Bonchev–Trinajstić information content (AvgIpc) is 2.50. The van der Waals surface area contributed by atoms with Crippen LogP contribution in [0.25, 0.3) is 0 Å². The lowest BCUT2D eigenvalue weighted by Gasteiger charge is -2.07. The first kappa shape index (κ1) is 13.8. The summed E-state index contributed by atoms with van der Waals surface area (Å²) in [5, 5.41) is 13.9. The van der Waals surface area contributed by atoms with Crippen LogP contribution in [0.15, 0.2) is 59.7 Å². The highest BCUT2D eigenvalue weighted by Crippen LogP contribution is 2.17. The van der Waals surface area contributed by atoms with Gasteiger partial charge in [-0.2, -0.15) is 5.10 Å². The molecule has 0 saturated carbocycles. The molecule has 20 heavy (non-hydrogen) atoms. The van der Waals surface area contributed by atoms with Crippen molar-refractivity contribution in [2.45, 2.75) is 13.3 Å². The molecule has 0 aliphatic carbocycles. The fraction of sp³-hybridized carbons (Fsp3) is 0.125. The van der Waals surface area contributed by atoms with Gasteiger partial charge in [0.1, 0.15) is 5.75 Å². The lowest BCUT2D eigenvalue weighted by molar-refractivity contribution is 0.0955. The highest BCUT2D eigenvalue weighted by molar-refractivity contribution is 6.03. The number of amides is 1. The molecule has 0 heterocycles. The molecule has 4 nitrogen and oxygen atoms in total. The summed E-state index contributed by atoms with van der Waals surface area (Å²) in [6, 6.07) is 15.8. The van der Waals surface area contributed by atoms with E-state index in [0.717, 1.165) is 0 Å². The number of nitrogens with one attached hydrogen (secondary N) is 1. The Kier molecular flexibility index (Phi) is 4.50. The minimum absolute atomic E-state index is 0.155. The summed E-state index contributed by atoms with van der Waals surface area (Å²) in [4.78, 5) is 11.9. The van der Waals surface area contributed by atoms with Crippen molar-refractivity contribution in [3.8, 4) is 5.75 Å². The summed E-state index contributed by atoms with van der Waals surface area (Å²) in [6.07, 6.45) is 0.604. The van der Waals surface area contributed by atoms with Crippen molar-refractivity contribution in [1.29, 1.82) is 0 Å². The fourth-order valence-electron chi connectivity index (χ4n) is 1.82. The van der Waals surface area contributed by atoms with Crippen LogP contribution in [0.3, 0.4) is 0 Å². The van der Waals surface area contributed by atoms with Gasteiger partial charge in [-0.25, -0.2) is 5.43 Å². The number of aromatic hydroxyl groups is 1. The lowest BCUT2D eigenvalue weighted by atomic mass is 10.1. The van der Waals surface area contributed by atoms with Crippen molar-refractivity contribution >= 4 is 11.6 Å². The molecule has 0 atom stereocenters. The molecule has 0 aromatic heterocycles. The first-order valence-corrected chi connectivity index (χ1v) is 6.42. The summed E-state index contributed by atoms with van der Waals surface area (Å²) < 4.78 is 0. The van der Waals surface area contributed by atoms with E-state index in [1.165, 1.54) is 0 Å². The van der Waals surface area contributed by atoms with Gasteiger partial charge in [0.2, 0.25) is 0 Å². The molecule has 2 aromatic carbocycles. The molecule has 1 amide bonds. The van der Waals surface area contributed by atoms with E-state index in [2.05, 4.69) is 10.5 Å². The molecule has 0 aliphatic rings. The van der Waals surface area contributed by atoms with Crippen LogP contribution in [-0.4, -0.2) is 16.7 Å². The predicted octanol–water partition coefficient (Wildman–Crippen LogP) is 2.94. The van der Waals surface area contributed by atoms with E-state index in [1.807, 2.05) is 19.1 Å². The number of carbonyl (C=O) groups is 1. The minimum atomic E-state index is -0.271. The van der Waals surface area contributed by atoms with Gasteiger partial charge in [-0.3, -0.25) is 4.79 Å². The first-order chi connectivity index (χ1) is 9.72. The molecular weight excluding hydrogens is 252 g/mol. The SMILES string of the molecule is CC/C(=N\NC(=O)c1ccccc1)c1ccccc1O. The van der Waals surface area contributed by atoms with E-state index < -0.39 is 0 Å². The van der Waals surface area contributed by atoms with Crippen LogP contribution in [0.5, 0.6) is 5.75 Å². The molecule has 0 unspecified atom stereocenters. The molecule has 0 bridgehead atoms. The molecule has 0 radical (unpaired) electrons. The number of phenolic OH excluding ortho intramolecular Hbond substituents is 1. The second kappa shape index (κ2) is 6.52. The summed E-state index contributed by atoms with van der Waals surface area (Å²) in [5.74, 6) is -0.117. The van der Waals surface area contributed by atoms with Crippen molar-refractivity contribution in [2.75, 3.05) is 0 Å². The quantitative estimate of drug-likeness (QED) is 0.661. The summed E-state index contributed by atoms with van der Waals surface area (Å²) in [6.45, 7) is 1.92. The number of nitrogens with zero attached hydrogens (tertiary/aromatic N) is 1. The van der Waals surface area contributed by atoms with Gasteiger partial charge >= 0.3 is 0 Å². The highest BCUT2D eigenvalue weighted by Gasteiger charge is 2.08. The number of phenols is 1. The zero-order valence-corrected chi connectivity index (χ0v) is 11.2. The molecule has 2 N–H and O–H groups in total. The molecule has 0 fully saturated rings. The van der Waals surface area contributed by atoms with Crippen LogP contribution >= 0.6 is 0 Å². The van der Waals surface area contributed by atoms with Crippen LogP contribution in [0.1, 0.15) is 29.3 Å². The Labute approximate surface area is 117 Å². The first-order valence-electron chi connectivity index (χ1n) is 6.42. The number of benzene rings is 2. The second-order valence-corrected chi connectivity index (χ2v) is 4.24. The number of hydrogen-bond donors (Lipinski definition) is 2. The van der Waals surface area contributed by atoms with E-state index in [-0.39, 0.29) is 11.7 Å². The van der Waals surface area contributed by atoms with Gasteiger partial charge < -0.3 is 5.11 Å². The van der Waals surface area contributed by atoms with E-state index in [1.54, 1.807) is 42.5 Å². The van der Waals surface area contributed by atoms with Crippen LogP contribution < -0.4 is 5.43 Å². The molecule has 2 rings (SSSR count). The summed E-state index contributed by atoms with van der Waals surface area (Å²) >= 11 is 0. The zero-order chi connectivity index (χ0) is 14.4. The molecule has 0 saturated heterocycles. The van der Waals surface area contributed by atoms with E-state index in [9.17, 15) is 9.90 Å². The Balaban J connectivity index is 2.17. The average molecular weight is 268 g/mol. The third-order valence-electron chi connectivity index (χ3n) is 2.88. The zero-order valence-electron chi connectivity index (χ0n) is 11.2. The Bertz CT molecular complexity index is 621. The Morgan fingerprint density at radius 2 is 1.75 bits per heavy atom. The smallest absolute Gasteiger partial charge is 0.271 e. The van der Waals surface area contributed by atoms with Crippen LogP contribution in [0, 0.1) is 0 Å². The van der Waals surface area contributed by atoms with Crippen LogP contribution in [-0.2, 0) is 0 Å². The number of hydrazone groups is 1. The number of para-hydroxylation sites is 1. The molecular formula is C16H16N2O2. The van der Waals surface area contributed by atoms with Gasteiger partial charge in [0.15, 0.2) is 0 Å². The highest BCUT2D eigenvalue weighted by atomic mass is 16.3. The van der Waals surface area contributed by atoms with Gasteiger partial charge in [-0.1, -0.05) is 37.3 Å². The summed E-state index contributed by atoms with van der Waals surface area (Å²) in [5.41, 5.74) is 4.32. The summed E-state index contributed by atoms with van der Waals surface area (Å²) in [7, 11) is 0. The van der Waals surface area contributed by atoms with Crippen molar-refractivity contribution < 1.29 is 9.90 Å². The molecule has 2 aromatic rings. The van der Waals surface area contributed by atoms with Gasteiger partial charge in [0.05, 0.1) is 5.71 Å². The Hall–Kier alpha value is -2.62. The van der Waals surface area contributed by atoms with E-state index in [0.29, 0.717) is 23.3 Å². The van der Waals surface area contributed by atoms with Gasteiger partial charge in [-0.15, -0.1) is 0 Å². The van der Waals surface area contributed by atoms with Crippen molar-refractivity contribution in [3.63, 3.8) is 0 Å². The van der Waals surface area contributed by atoms with Gasteiger partial charge in [0.25, 0.3) is 5.91 Å². The maximum atomic E-state index is 11.9. The van der Waals surface area contributed by atoms with Crippen molar-refractivity contribution in [1.82, 2.24) is 5.43 Å². The lowest BCUT2D eigenvalue weighted by Crippen LogP contribution is -2.19. The molecule has 0 aliphatic heterocycles. The Morgan fingerprint density at radius 3 is 2.40 bits per heavy atom. The van der Waals surface area contributed by atoms with Crippen LogP contribution in [0.4, 0.5) is 0 Å².